The van der Waals surface area contributed by atoms with E-state index in [2.05, 4.69) is 25.2 Å². The van der Waals surface area contributed by atoms with Gasteiger partial charge in [0.05, 0.1) is 0 Å². The predicted octanol–water partition coefficient (Wildman–Crippen LogP) is 2.10. The number of allylic oxidation sites excluding steroid dienone is 4. The van der Waals surface area contributed by atoms with Crippen LogP contribution in [-0.2, 0) is 4.79 Å². The molecule has 1 heteroatoms. The van der Waals surface area contributed by atoms with E-state index in [0.29, 0.717) is 17.6 Å². The maximum atomic E-state index is 11.1. The summed E-state index contributed by atoms with van der Waals surface area (Å²) < 4.78 is 0. The number of carbonyl (C=O) groups excluding carboxylic acids is 1. The SMILES string of the molecule is CC1=CC2CC(=O)CC2C=C1. The van der Waals surface area contributed by atoms with Crippen LogP contribution in [0.2, 0.25) is 0 Å². The molecule has 0 radical (unpaired) electrons. The summed E-state index contributed by atoms with van der Waals surface area (Å²) in [4.78, 5) is 11.1. The van der Waals surface area contributed by atoms with Gasteiger partial charge in [-0.1, -0.05) is 23.8 Å². The molecule has 2 aliphatic rings. The summed E-state index contributed by atoms with van der Waals surface area (Å²) in [6, 6.07) is 0. The standard InChI is InChI=1S/C10H12O/c1-7-2-3-8-5-10(11)6-9(8)4-7/h2-4,8-9H,5-6H2,1H3. The van der Waals surface area contributed by atoms with Gasteiger partial charge in [0.15, 0.2) is 0 Å². The lowest BCUT2D eigenvalue weighted by Crippen LogP contribution is -2.05. The Labute approximate surface area is 66.8 Å². The Balaban J connectivity index is 2.23. The molecule has 2 unspecified atom stereocenters. The van der Waals surface area contributed by atoms with Gasteiger partial charge >= 0.3 is 0 Å². The van der Waals surface area contributed by atoms with E-state index in [9.17, 15) is 4.79 Å². The van der Waals surface area contributed by atoms with Gasteiger partial charge in [0.25, 0.3) is 0 Å². The molecule has 58 valence electrons. The molecule has 0 saturated heterocycles. The maximum absolute atomic E-state index is 11.1. The summed E-state index contributed by atoms with van der Waals surface area (Å²) in [6.07, 6.45) is 8.08. The molecule has 2 rings (SSSR count). The van der Waals surface area contributed by atoms with Crippen molar-refractivity contribution in [2.24, 2.45) is 11.8 Å². The number of hydrogen-bond donors (Lipinski definition) is 0. The first-order valence-electron chi connectivity index (χ1n) is 4.14. The van der Waals surface area contributed by atoms with Gasteiger partial charge in [-0.05, 0) is 18.8 Å². The highest BCUT2D eigenvalue weighted by Crippen LogP contribution is 2.34. The minimum Gasteiger partial charge on any atom is -0.300 e. The van der Waals surface area contributed by atoms with Gasteiger partial charge in [-0.2, -0.15) is 0 Å². The molecular formula is C10H12O. The van der Waals surface area contributed by atoms with Crippen molar-refractivity contribution < 1.29 is 4.79 Å². The third kappa shape index (κ3) is 1.15. The molecule has 0 aliphatic heterocycles. The van der Waals surface area contributed by atoms with Crippen LogP contribution < -0.4 is 0 Å². The van der Waals surface area contributed by atoms with E-state index in [0.717, 1.165) is 12.8 Å². The molecule has 0 spiro atoms. The van der Waals surface area contributed by atoms with Gasteiger partial charge in [-0.15, -0.1) is 0 Å². The first kappa shape index (κ1) is 6.84. The number of fused-ring (bicyclic) bond motifs is 1. The van der Waals surface area contributed by atoms with Crippen LogP contribution >= 0.6 is 0 Å². The van der Waals surface area contributed by atoms with E-state index in [1.54, 1.807) is 0 Å². The Morgan fingerprint density at radius 1 is 1.36 bits per heavy atom. The molecule has 2 aliphatic carbocycles. The van der Waals surface area contributed by atoms with Crippen molar-refractivity contribution in [3.8, 4) is 0 Å². The fourth-order valence-electron chi connectivity index (χ4n) is 1.97. The second-order valence-electron chi connectivity index (χ2n) is 3.54. The Morgan fingerprint density at radius 3 is 2.91 bits per heavy atom. The lowest BCUT2D eigenvalue weighted by atomic mass is 9.89. The van der Waals surface area contributed by atoms with E-state index in [-0.39, 0.29) is 0 Å². The van der Waals surface area contributed by atoms with Crippen LogP contribution in [-0.4, -0.2) is 5.78 Å². The van der Waals surface area contributed by atoms with Crippen molar-refractivity contribution in [1.82, 2.24) is 0 Å². The molecule has 0 aromatic heterocycles. The van der Waals surface area contributed by atoms with Crippen LogP contribution in [0.3, 0.4) is 0 Å². The normalized spacial score (nSPS) is 35.4. The molecular weight excluding hydrogens is 136 g/mol. The largest absolute Gasteiger partial charge is 0.300 e. The molecule has 0 bridgehead atoms. The first-order valence-corrected chi connectivity index (χ1v) is 4.14. The minimum absolute atomic E-state index is 0.426. The van der Waals surface area contributed by atoms with E-state index in [4.69, 9.17) is 0 Å². The molecule has 1 nitrogen and oxygen atoms in total. The monoisotopic (exact) mass is 148 g/mol. The summed E-state index contributed by atoms with van der Waals surface area (Å²) in [5.74, 6) is 1.47. The van der Waals surface area contributed by atoms with Crippen molar-refractivity contribution >= 4 is 5.78 Å². The second kappa shape index (κ2) is 2.33. The van der Waals surface area contributed by atoms with Crippen LogP contribution in [0, 0.1) is 11.8 Å². The molecule has 1 saturated carbocycles. The summed E-state index contributed by atoms with van der Waals surface area (Å²) >= 11 is 0. The van der Waals surface area contributed by atoms with Gasteiger partial charge in [0, 0.05) is 12.8 Å². The first-order chi connectivity index (χ1) is 5.25. The molecule has 2 atom stereocenters. The number of rotatable bonds is 0. The zero-order chi connectivity index (χ0) is 7.84. The van der Waals surface area contributed by atoms with Crippen molar-refractivity contribution in [1.29, 1.82) is 0 Å². The molecule has 1 fully saturated rings. The minimum atomic E-state index is 0.426. The lowest BCUT2D eigenvalue weighted by Gasteiger charge is -2.15. The third-order valence-corrected chi connectivity index (χ3v) is 2.56. The summed E-state index contributed by atoms with van der Waals surface area (Å²) in [7, 11) is 0. The van der Waals surface area contributed by atoms with E-state index in [1.165, 1.54) is 5.57 Å². The number of carbonyl (C=O) groups is 1. The van der Waals surface area contributed by atoms with E-state index >= 15 is 0 Å². The molecule has 0 amide bonds. The highest BCUT2D eigenvalue weighted by atomic mass is 16.1. The Bertz CT molecular complexity index is 248. The topological polar surface area (TPSA) is 17.1 Å². The Morgan fingerprint density at radius 2 is 2.09 bits per heavy atom. The molecule has 11 heavy (non-hydrogen) atoms. The zero-order valence-corrected chi connectivity index (χ0v) is 6.71. The van der Waals surface area contributed by atoms with Crippen LogP contribution in [0.4, 0.5) is 0 Å². The average Bonchev–Trinajstić information content (AvgIpc) is 2.27. The second-order valence-corrected chi connectivity index (χ2v) is 3.54. The Hall–Kier alpha value is -0.850. The number of Topliss-reactive ketones (excluding diaryl/α,β-unsaturated/α-hetero) is 1. The van der Waals surface area contributed by atoms with Crippen molar-refractivity contribution in [3.05, 3.63) is 23.8 Å². The third-order valence-electron chi connectivity index (χ3n) is 2.56. The number of hydrogen-bond acceptors (Lipinski definition) is 1. The highest BCUT2D eigenvalue weighted by Gasteiger charge is 2.30. The van der Waals surface area contributed by atoms with Gasteiger partial charge < -0.3 is 0 Å². The van der Waals surface area contributed by atoms with E-state index < -0.39 is 0 Å². The highest BCUT2D eigenvalue weighted by molar-refractivity contribution is 5.82. The summed E-state index contributed by atoms with van der Waals surface area (Å²) in [5, 5.41) is 0. The van der Waals surface area contributed by atoms with Crippen LogP contribution in [0.5, 0.6) is 0 Å². The smallest absolute Gasteiger partial charge is 0.134 e. The van der Waals surface area contributed by atoms with Gasteiger partial charge in [0.2, 0.25) is 0 Å². The molecule has 0 N–H and O–H groups in total. The van der Waals surface area contributed by atoms with Crippen LogP contribution in [0.25, 0.3) is 0 Å². The maximum Gasteiger partial charge on any atom is 0.134 e. The van der Waals surface area contributed by atoms with Crippen molar-refractivity contribution in [3.63, 3.8) is 0 Å². The fourth-order valence-corrected chi connectivity index (χ4v) is 1.97. The Kier molecular flexibility index (Phi) is 1.45. The van der Waals surface area contributed by atoms with Gasteiger partial charge in [-0.3, -0.25) is 4.79 Å². The molecule has 0 heterocycles. The van der Waals surface area contributed by atoms with Gasteiger partial charge in [0.1, 0.15) is 5.78 Å². The average molecular weight is 148 g/mol. The molecule has 0 aromatic rings. The van der Waals surface area contributed by atoms with Crippen LogP contribution in [0.1, 0.15) is 19.8 Å². The zero-order valence-electron chi connectivity index (χ0n) is 6.71. The van der Waals surface area contributed by atoms with Gasteiger partial charge in [-0.25, -0.2) is 0 Å². The quantitative estimate of drug-likeness (QED) is 0.514. The van der Waals surface area contributed by atoms with Crippen molar-refractivity contribution in [2.45, 2.75) is 19.8 Å². The van der Waals surface area contributed by atoms with Crippen molar-refractivity contribution in [2.75, 3.05) is 0 Å². The number of ketones is 1. The predicted molar refractivity (Wildman–Crippen MR) is 44.1 cm³/mol. The summed E-state index contributed by atoms with van der Waals surface area (Å²) in [6.45, 7) is 2.09. The lowest BCUT2D eigenvalue weighted by molar-refractivity contribution is -0.117. The summed E-state index contributed by atoms with van der Waals surface area (Å²) in [5.41, 5.74) is 1.31. The van der Waals surface area contributed by atoms with E-state index in [1.807, 2.05) is 0 Å². The fraction of sp³-hybridized carbons (Fsp3) is 0.500. The van der Waals surface area contributed by atoms with Crippen LogP contribution in [0.15, 0.2) is 23.8 Å². The molecule has 0 aromatic carbocycles.